The summed E-state index contributed by atoms with van der Waals surface area (Å²) in [5.74, 6) is 0.0301. The third-order valence-electron chi connectivity index (χ3n) is 5.73. The zero-order chi connectivity index (χ0) is 20.1. The van der Waals surface area contributed by atoms with E-state index >= 15 is 0 Å². The number of amides is 1. The first kappa shape index (κ1) is 17.6. The summed E-state index contributed by atoms with van der Waals surface area (Å²) in [6.07, 6.45) is 6.41. The van der Waals surface area contributed by atoms with E-state index in [0.29, 0.717) is 12.1 Å². The number of aromatic nitrogens is 5. The van der Waals surface area contributed by atoms with E-state index in [-0.39, 0.29) is 11.9 Å². The topological polar surface area (TPSA) is 68.8 Å². The van der Waals surface area contributed by atoms with Gasteiger partial charge in [0, 0.05) is 55.1 Å². The lowest BCUT2D eigenvalue weighted by molar-refractivity contribution is 0.0674. The first-order chi connectivity index (χ1) is 14.0. The Hall–Kier alpha value is -3.48. The molecule has 3 aromatic heterocycles. The Morgan fingerprint density at radius 1 is 1.21 bits per heavy atom. The Labute approximate surface area is 168 Å². The largest absolute Gasteiger partial charge is 0.330 e. The zero-order valence-electron chi connectivity index (χ0n) is 16.7. The van der Waals surface area contributed by atoms with Crippen LogP contribution in [-0.4, -0.2) is 41.9 Å². The highest BCUT2D eigenvalue weighted by atomic mass is 16.2. The first-order valence-corrected chi connectivity index (χ1v) is 9.73. The number of benzene rings is 1. The second kappa shape index (κ2) is 6.55. The molecule has 29 heavy (non-hydrogen) atoms. The van der Waals surface area contributed by atoms with Crippen LogP contribution in [0.3, 0.4) is 0 Å². The van der Waals surface area contributed by atoms with Gasteiger partial charge in [0.1, 0.15) is 0 Å². The van der Waals surface area contributed by atoms with Crippen molar-refractivity contribution >= 4 is 16.8 Å². The van der Waals surface area contributed by atoms with E-state index in [1.807, 2.05) is 66.4 Å². The SMILES string of the molecule is C[C@H]1c2nn(C)c(-c3cnn(C)c3)c2CCN1C(=O)c1ccc2ncccc2c1. The van der Waals surface area contributed by atoms with Crippen LogP contribution in [0.2, 0.25) is 0 Å². The summed E-state index contributed by atoms with van der Waals surface area (Å²) in [5.41, 5.74) is 5.89. The summed E-state index contributed by atoms with van der Waals surface area (Å²) in [6, 6.07) is 9.47. The number of carbonyl (C=O) groups excluding carboxylic acids is 1. The summed E-state index contributed by atoms with van der Waals surface area (Å²) < 4.78 is 3.71. The lowest BCUT2D eigenvalue weighted by Gasteiger charge is -2.33. The van der Waals surface area contributed by atoms with Crippen LogP contribution in [0, 0.1) is 0 Å². The Bertz CT molecular complexity index is 1240. The molecule has 0 unspecified atom stereocenters. The fourth-order valence-electron chi connectivity index (χ4n) is 4.30. The predicted molar refractivity (Wildman–Crippen MR) is 110 cm³/mol. The van der Waals surface area contributed by atoms with E-state index in [1.54, 1.807) is 10.9 Å². The molecule has 4 aromatic rings. The van der Waals surface area contributed by atoms with Crippen molar-refractivity contribution in [3.8, 4) is 11.3 Å². The van der Waals surface area contributed by atoms with E-state index in [4.69, 9.17) is 5.10 Å². The third kappa shape index (κ3) is 2.81. The van der Waals surface area contributed by atoms with Gasteiger partial charge in [0.15, 0.2) is 0 Å². The fourth-order valence-corrected chi connectivity index (χ4v) is 4.30. The molecule has 1 aliphatic rings. The number of carbonyl (C=O) groups is 1. The van der Waals surface area contributed by atoms with Gasteiger partial charge >= 0.3 is 0 Å². The van der Waals surface area contributed by atoms with Crippen molar-refractivity contribution in [3.63, 3.8) is 0 Å². The molecule has 7 heteroatoms. The van der Waals surface area contributed by atoms with E-state index in [1.165, 1.54) is 5.56 Å². The molecular weight excluding hydrogens is 364 g/mol. The van der Waals surface area contributed by atoms with E-state index in [9.17, 15) is 4.79 Å². The number of rotatable bonds is 2. The molecule has 7 nitrogen and oxygen atoms in total. The molecular formula is C22H22N6O. The van der Waals surface area contributed by atoms with Gasteiger partial charge in [-0.3, -0.25) is 19.1 Å². The van der Waals surface area contributed by atoms with Crippen LogP contribution in [0.1, 0.15) is 34.6 Å². The van der Waals surface area contributed by atoms with Crippen LogP contribution >= 0.6 is 0 Å². The molecule has 1 atom stereocenters. The molecule has 0 aliphatic carbocycles. The van der Waals surface area contributed by atoms with Crippen LogP contribution in [0.5, 0.6) is 0 Å². The van der Waals surface area contributed by atoms with Crippen LogP contribution in [0.15, 0.2) is 48.9 Å². The number of fused-ring (bicyclic) bond motifs is 2. The third-order valence-corrected chi connectivity index (χ3v) is 5.73. The maximum atomic E-state index is 13.3. The maximum Gasteiger partial charge on any atom is 0.254 e. The Morgan fingerprint density at radius 3 is 2.86 bits per heavy atom. The molecule has 0 fully saturated rings. The van der Waals surface area contributed by atoms with E-state index in [0.717, 1.165) is 34.3 Å². The van der Waals surface area contributed by atoms with Gasteiger partial charge in [-0.15, -0.1) is 0 Å². The molecule has 1 aliphatic heterocycles. The average Bonchev–Trinajstić information content (AvgIpc) is 3.30. The van der Waals surface area contributed by atoms with Gasteiger partial charge in [0.05, 0.1) is 29.1 Å². The molecule has 146 valence electrons. The normalized spacial score (nSPS) is 16.2. The Balaban J connectivity index is 1.49. The van der Waals surface area contributed by atoms with Gasteiger partial charge in [0.25, 0.3) is 5.91 Å². The van der Waals surface area contributed by atoms with Crippen LogP contribution in [0.4, 0.5) is 0 Å². The highest BCUT2D eigenvalue weighted by molar-refractivity contribution is 5.98. The number of pyridine rings is 1. The molecule has 0 radical (unpaired) electrons. The Morgan fingerprint density at radius 2 is 2.07 bits per heavy atom. The van der Waals surface area contributed by atoms with Crippen molar-refractivity contribution in [3.05, 3.63) is 65.7 Å². The minimum Gasteiger partial charge on any atom is -0.330 e. The van der Waals surface area contributed by atoms with Crippen molar-refractivity contribution in [2.75, 3.05) is 6.54 Å². The van der Waals surface area contributed by atoms with Crippen LogP contribution in [0.25, 0.3) is 22.2 Å². The predicted octanol–water partition coefficient (Wildman–Crippen LogP) is 3.13. The van der Waals surface area contributed by atoms with E-state index < -0.39 is 0 Å². The van der Waals surface area contributed by atoms with Crippen molar-refractivity contribution in [2.24, 2.45) is 14.1 Å². The lowest BCUT2D eigenvalue weighted by atomic mass is 9.96. The summed E-state index contributed by atoms with van der Waals surface area (Å²) in [6.45, 7) is 2.72. The van der Waals surface area contributed by atoms with Crippen molar-refractivity contribution in [1.29, 1.82) is 0 Å². The van der Waals surface area contributed by atoms with Gasteiger partial charge in [-0.1, -0.05) is 6.07 Å². The molecule has 5 rings (SSSR count). The van der Waals surface area contributed by atoms with Crippen molar-refractivity contribution in [1.82, 2.24) is 29.4 Å². The van der Waals surface area contributed by atoms with Gasteiger partial charge in [0.2, 0.25) is 0 Å². The molecule has 0 bridgehead atoms. The highest BCUT2D eigenvalue weighted by Crippen LogP contribution is 2.36. The summed E-state index contributed by atoms with van der Waals surface area (Å²) in [4.78, 5) is 19.5. The second-order valence-electron chi connectivity index (χ2n) is 7.57. The number of nitrogens with zero attached hydrogens (tertiary/aromatic N) is 6. The number of hydrogen-bond acceptors (Lipinski definition) is 4. The second-order valence-corrected chi connectivity index (χ2v) is 7.57. The van der Waals surface area contributed by atoms with Gasteiger partial charge < -0.3 is 4.90 Å². The number of aryl methyl sites for hydroxylation is 2. The molecule has 1 amide bonds. The molecule has 0 saturated carbocycles. The Kier molecular flexibility index (Phi) is 3.97. The minimum atomic E-state index is -0.0903. The van der Waals surface area contributed by atoms with E-state index in [2.05, 4.69) is 17.0 Å². The molecule has 0 spiro atoms. The molecule has 1 aromatic carbocycles. The quantitative estimate of drug-likeness (QED) is 0.531. The lowest BCUT2D eigenvalue weighted by Crippen LogP contribution is -2.38. The molecule has 4 heterocycles. The van der Waals surface area contributed by atoms with Gasteiger partial charge in [-0.2, -0.15) is 10.2 Å². The summed E-state index contributed by atoms with van der Waals surface area (Å²) >= 11 is 0. The standard InChI is InChI=1S/C22H22N6O/c1-14-20-18(21(27(3)25-20)17-12-24-26(2)13-17)8-10-28(14)22(29)16-6-7-19-15(11-16)5-4-9-23-19/h4-7,9,11-14H,8,10H2,1-3H3/t14-/m0/s1. The number of hydrogen-bond donors (Lipinski definition) is 0. The van der Waals surface area contributed by atoms with Crippen molar-refractivity contribution in [2.45, 2.75) is 19.4 Å². The van der Waals surface area contributed by atoms with Crippen LogP contribution < -0.4 is 0 Å². The van der Waals surface area contributed by atoms with Crippen molar-refractivity contribution < 1.29 is 4.79 Å². The zero-order valence-corrected chi connectivity index (χ0v) is 16.7. The average molecular weight is 386 g/mol. The smallest absolute Gasteiger partial charge is 0.254 e. The fraction of sp³-hybridized carbons (Fsp3) is 0.273. The summed E-state index contributed by atoms with van der Waals surface area (Å²) in [5, 5.41) is 10.0. The maximum absolute atomic E-state index is 13.3. The molecule has 0 saturated heterocycles. The summed E-state index contributed by atoms with van der Waals surface area (Å²) in [7, 11) is 3.87. The first-order valence-electron chi connectivity index (χ1n) is 9.73. The van der Waals surface area contributed by atoms with Gasteiger partial charge in [-0.05, 0) is 37.6 Å². The van der Waals surface area contributed by atoms with Gasteiger partial charge in [-0.25, -0.2) is 0 Å². The monoisotopic (exact) mass is 386 g/mol. The highest BCUT2D eigenvalue weighted by Gasteiger charge is 2.33. The van der Waals surface area contributed by atoms with Crippen LogP contribution in [-0.2, 0) is 20.5 Å². The minimum absolute atomic E-state index is 0.0301. The molecule has 0 N–H and O–H groups in total.